The highest BCUT2D eigenvalue weighted by atomic mass is 16.4. The van der Waals surface area contributed by atoms with Crippen molar-refractivity contribution in [3.8, 4) is 0 Å². The number of hydrogen-bond acceptors (Lipinski definition) is 3. The topological polar surface area (TPSA) is 89.3 Å². The Balaban J connectivity index is 3.21. The average molecular weight is 188 g/mol. The molecule has 0 saturated carbocycles. The maximum absolute atomic E-state index is 10.2. The van der Waals surface area contributed by atoms with Gasteiger partial charge < -0.3 is 16.6 Å². The number of hydrogen-bond donors (Lipinski definition) is 3. The lowest BCUT2D eigenvalue weighted by molar-refractivity contribution is -0.137. The molecule has 4 nitrogen and oxygen atoms in total. The summed E-state index contributed by atoms with van der Waals surface area (Å²) in [5.41, 5.74) is 11.3. The minimum Gasteiger partial charge on any atom is -0.481 e. The second kappa shape index (κ2) is 6.86. The van der Waals surface area contributed by atoms with Gasteiger partial charge in [-0.3, -0.25) is 4.79 Å². The molecule has 0 heterocycles. The fraction of sp³-hybridized carbons (Fsp3) is 0.889. The maximum Gasteiger partial charge on any atom is 0.303 e. The zero-order valence-corrected chi connectivity index (χ0v) is 8.20. The third-order valence-electron chi connectivity index (χ3n) is 2.10. The summed E-state index contributed by atoms with van der Waals surface area (Å²) in [5.74, 6) is -0.725. The first kappa shape index (κ1) is 12.4. The molecule has 78 valence electrons. The lowest BCUT2D eigenvalue weighted by atomic mass is 10.0. The quantitative estimate of drug-likeness (QED) is 0.513. The fourth-order valence-electron chi connectivity index (χ4n) is 1.10. The Bertz CT molecular complexity index is 149. The van der Waals surface area contributed by atoms with Crippen molar-refractivity contribution in [2.24, 2.45) is 11.5 Å². The van der Waals surface area contributed by atoms with E-state index in [9.17, 15) is 4.79 Å². The number of rotatable bonds is 7. The number of unbranched alkanes of at least 4 members (excludes halogenated alkanes) is 2. The molecule has 2 atom stereocenters. The summed E-state index contributed by atoms with van der Waals surface area (Å²) in [7, 11) is 0. The number of carboxylic acid groups (broad SMARTS) is 1. The van der Waals surface area contributed by atoms with Crippen molar-refractivity contribution < 1.29 is 9.90 Å². The van der Waals surface area contributed by atoms with E-state index in [0.29, 0.717) is 0 Å². The van der Waals surface area contributed by atoms with Crippen LogP contribution in [0.4, 0.5) is 0 Å². The zero-order valence-electron chi connectivity index (χ0n) is 8.20. The molecule has 0 aliphatic rings. The van der Waals surface area contributed by atoms with Gasteiger partial charge in [-0.1, -0.05) is 12.8 Å². The molecule has 0 radical (unpaired) electrons. The van der Waals surface area contributed by atoms with Crippen LogP contribution in [0.5, 0.6) is 0 Å². The van der Waals surface area contributed by atoms with E-state index >= 15 is 0 Å². The van der Waals surface area contributed by atoms with Gasteiger partial charge in [0.15, 0.2) is 0 Å². The van der Waals surface area contributed by atoms with Crippen LogP contribution in [0, 0.1) is 0 Å². The third kappa shape index (κ3) is 7.74. The van der Waals surface area contributed by atoms with Crippen LogP contribution in [-0.2, 0) is 4.79 Å². The molecule has 0 aliphatic heterocycles. The molecule has 0 aromatic heterocycles. The van der Waals surface area contributed by atoms with Crippen LogP contribution in [0.15, 0.2) is 0 Å². The predicted octanol–water partition coefficient (Wildman–Crippen LogP) is 0.696. The van der Waals surface area contributed by atoms with E-state index < -0.39 is 5.97 Å². The maximum atomic E-state index is 10.2. The van der Waals surface area contributed by atoms with Crippen LogP contribution in [-0.4, -0.2) is 23.2 Å². The lowest BCUT2D eigenvalue weighted by Gasteiger charge is -2.14. The fourth-order valence-corrected chi connectivity index (χ4v) is 1.10. The van der Waals surface area contributed by atoms with Gasteiger partial charge in [-0.25, -0.2) is 0 Å². The minimum absolute atomic E-state index is 0.0273. The first-order valence-electron chi connectivity index (χ1n) is 4.77. The molecule has 0 aliphatic carbocycles. The van der Waals surface area contributed by atoms with Crippen LogP contribution in [0.3, 0.4) is 0 Å². The van der Waals surface area contributed by atoms with E-state index in [0.717, 1.165) is 25.7 Å². The summed E-state index contributed by atoms with van der Waals surface area (Å²) >= 11 is 0. The Morgan fingerprint density at radius 2 is 1.92 bits per heavy atom. The molecule has 0 bridgehead atoms. The van der Waals surface area contributed by atoms with Crippen LogP contribution >= 0.6 is 0 Å². The Labute approximate surface area is 79.3 Å². The molecule has 0 amide bonds. The van der Waals surface area contributed by atoms with E-state index in [1.807, 2.05) is 6.92 Å². The van der Waals surface area contributed by atoms with Gasteiger partial charge in [-0.05, 0) is 19.8 Å². The molecule has 4 heteroatoms. The summed E-state index contributed by atoms with van der Waals surface area (Å²) in [6.45, 7) is 1.89. The number of nitrogens with two attached hydrogens (primary N) is 2. The lowest BCUT2D eigenvalue weighted by Crippen LogP contribution is -2.38. The molecule has 0 fully saturated rings. The van der Waals surface area contributed by atoms with Gasteiger partial charge >= 0.3 is 5.97 Å². The summed E-state index contributed by atoms with van der Waals surface area (Å²) in [5, 5.41) is 8.37. The van der Waals surface area contributed by atoms with Crippen molar-refractivity contribution in [3.05, 3.63) is 0 Å². The number of carboxylic acids is 1. The summed E-state index contributed by atoms with van der Waals surface area (Å²) in [4.78, 5) is 10.2. The standard InChI is InChI=1S/C9H20N2O2/c1-7(10)8(11)5-3-2-4-6-9(12)13/h7-8H,2-6,10-11H2,1H3,(H,12,13)/t7-,8?/m0/s1. The molecule has 0 aromatic rings. The minimum atomic E-state index is -0.725. The van der Waals surface area contributed by atoms with Gasteiger partial charge in [0.25, 0.3) is 0 Å². The van der Waals surface area contributed by atoms with Crippen LogP contribution in [0.1, 0.15) is 39.0 Å². The van der Waals surface area contributed by atoms with E-state index in [4.69, 9.17) is 16.6 Å². The molecule has 5 N–H and O–H groups in total. The molecular weight excluding hydrogens is 168 g/mol. The molecule has 0 spiro atoms. The van der Waals surface area contributed by atoms with Gasteiger partial charge in [0.2, 0.25) is 0 Å². The Morgan fingerprint density at radius 1 is 1.31 bits per heavy atom. The van der Waals surface area contributed by atoms with Crippen LogP contribution < -0.4 is 11.5 Å². The van der Waals surface area contributed by atoms with Gasteiger partial charge in [0, 0.05) is 18.5 Å². The van der Waals surface area contributed by atoms with Gasteiger partial charge in [-0.2, -0.15) is 0 Å². The average Bonchev–Trinajstić information content (AvgIpc) is 2.02. The largest absolute Gasteiger partial charge is 0.481 e. The summed E-state index contributed by atoms with van der Waals surface area (Å²) in [6.07, 6.45) is 3.77. The van der Waals surface area contributed by atoms with E-state index in [1.165, 1.54) is 0 Å². The van der Waals surface area contributed by atoms with Crippen molar-refractivity contribution >= 4 is 5.97 Å². The van der Waals surface area contributed by atoms with Crippen molar-refractivity contribution in [2.45, 2.75) is 51.1 Å². The highest BCUT2D eigenvalue weighted by molar-refractivity contribution is 5.66. The van der Waals surface area contributed by atoms with E-state index in [-0.39, 0.29) is 18.5 Å². The zero-order chi connectivity index (χ0) is 10.3. The van der Waals surface area contributed by atoms with E-state index in [1.54, 1.807) is 0 Å². The van der Waals surface area contributed by atoms with Crippen LogP contribution in [0.2, 0.25) is 0 Å². The normalized spacial score (nSPS) is 15.3. The van der Waals surface area contributed by atoms with Crippen molar-refractivity contribution in [3.63, 3.8) is 0 Å². The van der Waals surface area contributed by atoms with Crippen LogP contribution in [0.25, 0.3) is 0 Å². The molecule has 0 aromatic carbocycles. The SMILES string of the molecule is C[C@H](N)C(N)CCCCCC(=O)O. The van der Waals surface area contributed by atoms with Crippen molar-refractivity contribution in [2.75, 3.05) is 0 Å². The number of carbonyl (C=O) groups is 1. The van der Waals surface area contributed by atoms with Crippen molar-refractivity contribution in [1.29, 1.82) is 0 Å². The summed E-state index contributed by atoms with van der Waals surface area (Å²) < 4.78 is 0. The monoisotopic (exact) mass is 188 g/mol. The second-order valence-electron chi connectivity index (χ2n) is 3.52. The molecule has 13 heavy (non-hydrogen) atoms. The highest BCUT2D eigenvalue weighted by Gasteiger charge is 2.06. The summed E-state index contributed by atoms with van der Waals surface area (Å²) in [6, 6.07) is 0.0734. The first-order chi connectivity index (χ1) is 6.04. The molecule has 1 unspecified atom stereocenters. The third-order valence-corrected chi connectivity index (χ3v) is 2.10. The number of aliphatic carboxylic acids is 1. The molecular formula is C9H20N2O2. The molecule has 0 saturated heterocycles. The first-order valence-corrected chi connectivity index (χ1v) is 4.77. The van der Waals surface area contributed by atoms with Gasteiger partial charge in [-0.15, -0.1) is 0 Å². The predicted molar refractivity (Wildman–Crippen MR) is 52.3 cm³/mol. The van der Waals surface area contributed by atoms with E-state index in [2.05, 4.69) is 0 Å². The highest BCUT2D eigenvalue weighted by Crippen LogP contribution is 2.05. The Morgan fingerprint density at radius 3 is 2.38 bits per heavy atom. The smallest absolute Gasteiger partial charge is 0.303 e. The Kier molecular flexibility index (Phi) is 6.54. The Hall–Kier alpha value is -0.610. The van der Waals surface area contributed by atoms with Crippen molar-refractivity contribution in [1.82, 2.24) is 0 Å². The molecule has 0 rings (SSSR count). The van der Waals surface area contributed by atoms with Gasteiger partial charge in [0.1, 0.15) is 0 Å². The second-order valence-corrected chi connectivity index (χ2v) is 3.52. The van der Waals surface area contributed by atoms with Gasteiger partial charge in [0.05, 0.1) is 0 Å².